The monoisotopic (exact) mass is 295 g/mol. The average Bonchev–Trinajstić information content (AvgIpc) is 2.54. The molecule has 0 N–H and O–H groups in total. The minimum Gasteiger partial charge on any atom is -0.290 e. The summed E-state index contributed by atoms with van der Waals surface area (Å²) in [6.07, 6.45) is 7.04. The molecule has 22 heavy (non-hydrogen) atoms. The third-order valence-corrected chi connectivity index (χ3v) is 3.67. The zero-order valence-corrected chi connectivity index (χ0v) is 13.4. The van der Waals surface area contributed by atoms with Gasteiger partial charge in [-0.2, -0.15) is 0 Å². The summed E-state index contributed by atoms with van der Waals surface area (Å²) in [6.45, 7) is 8.15. The van der Waals surface area contributed by atoms with E-state index in [1.165, 1.54) is 5.57 Å². The van der Waals surface area contributed by atoms with Gasteiger partial charge in [0, 0.05) is 30.1 Å². The number of rotatable bonds is 5. The number of carbonyl (C=O) groups is 1. The van der Waals surface area contributed by atoms with E-state index in [2.05, 4.69) is 28.8 Å². The number of Topliss-reactive ketones (excluding diaryl/α,β-unsaturated/α-hetero) is 1. The first-order valence-electron chi connectivity index (χ1n) is 7.45. The molecule has 0 spiro atoms. The minimum atomic E-state index is -0.230. The Balaban J connectivity index is 2.26. The van der Waals surface area contributed by atoms with Crippen LogP contribution >= 0.6 is 0 Å². The molecule has 0 fully saturated rings. The Morgan fingerprint density at radius 2 is 1.95 bits per heavy atom. The third-order valence-electron chi connectivity index (χ3n) is 3.67. The molecule has 0 bridgehead atoms. The summed E-state index contributed by atoms with van der Waals surface area (Å²) in [5.41, 5.74) is 2.79. The molecule has 0 aromatic carbocycles. The van der Waals surface area contributed by atoms with Crippen molar-refractivity contribution in [1.82, 2.24) is 15.0 Å². The lowest BCUT2D eigenvalue weighted by atomic mass is 9.97. The van der Waals surface area contributed by atoms with Crippen LogP contribution in [0.2, 0.25) is 0 Å². The average molecular weight is 295 g/mol. The van der Waals surface area contributed by atoms with E-state index in [0.29, 0.717) is 11.6 Å². The molecule has 0 radical (unpaired) electrons. The number of carbonyl (C=O) groups excluding carboxylic acids is 1. The van der Waals surface area contributed by atoms with Gasteiger partial charge in [-0.3, -0.25) is 9.78 Å². The number of ketones is 1. The van der Waals surface area contributed by atoms with Gasteiger partial charge < -0.3 is 0 Å². The predicted molar refractivity (Wildman–Crippen MR) is 87.4 cm³/mol. The van der Waals surface area contributed by atoms with E-state index in [-0.39, 0.29) is 17.5 Å². The van der Waals surface area contributed by atoms with Crippen LogP contribution in [0, 0.1) is 11.8 Å². The minimum absolute atomic E-state index is 0.0641. The lowest BCUT2D eigenvalue weighted by molar-refractivity contribution is 0.0942. The van der Waals surface area contributed by atoms with Gasteiger partial charge in [-0.1, -0.05) is 32.4 Å². The summed E-state index contributed by atoms with van der Waals surface area (Å²) in [6, 6.07) is 5.54. The topological polar surface area (TPSA) is 55.7 Å². The molecular weight excluding hydrogens is 274 g/mol. The van der Waals surface area contributed by atoms with Gasteiger partial charge in [0.25, 0.3) is 0 Å². The predicted octanol–water partition coefficient (Wildman–Crippen LogP) is 3.96. The highest BCUT2D eigenvalue weighted by Crippen LogP contribution is 2.17. The van der Waals surface area contributed by atoms with E-state index in [9.17, 15) is 4.79 Å². The zero-order valence-electron chi connectivity index (χ0n) is 13.4. The summed E-state index contributed by atoms with van der Waals surface area (Å²) in [7, 11) is 0. The summed E-state index contributed by atoms with van der Waals surface area (Å²) < 4.78 is 0. The first kappa shape index (κ1) is 16.0. The summed E-state index contributed by atoms with van der Waals surface area (Å²) in [4.78, 5) is 25.1. The maximum absolute atomic E-state index is 12.5. The number of nitrogens with zero attached hydrogens (tertiary/aromatic N) is 3. The lowest BCUT2D eigenvalue weighted by Crippen LogP contribution is -2.14. The second kappa shape index (κ2) is 7.07. The first-order valence-corrected chi connectivity index (χ1v) is 7.45. The Labute approximate surface area is 131 Å². The molecule has 2 heterocycles. The van der Waals surface area contributed by atoms with Gasteiger partial charge in [0.15, 0.2) is 5.82 Å². The Bertz CT molecular complexity index is 678. The van der Waals surface area contributed by atoms with Crippen LogP contribution in [0.5, 0.6) is 0 Å². The van der Waals surface area contributed by atoms with Crippen LogP contribution in [0.1, 0.15) is 38.3 Å². The van der Waals surface area contributed by atoms with Crippen LogP contribution in [0.25, 0.3) is 11.3 Å². The van der Waals surface area contributed by atoms with Crippen LogP contribution in [-0.2, 0) is 0 Å². The van der Waals surface area contributed by atoms with Crippen LogP contribution in [0.4, 0.5) is 0 Å². The quantitative estimate of drug-likeness (QED) is 0.619. The molecule has 4 heteroatoms. The molecule has 0 aliphatic heterocycles. The van der Waals surface area contributed by atoms with Crippen molar-refractivity contribution < 1.29 is 4.79 Å². The molecule has 2 aromatic rings. The fourth-order valence-corrected chi connectivity index (χ4v) is 2.02. The van der Waals surface area contributed by atoms with Crippen molar-refractivity contribution in [1.29, 1.82) is 0 Å². The molecule has 0 aliphatic rings. The fraction of sp³-hybridized carbons (Fsp3) is 0.333. The SMILES string of the molecule is C/C(=C\[C@H](C)C(=O)c1nccc(-c2cccnc2)n1)C(C)C. The van der Waals surface area contributed by atoms with E-state index in [0.717, 1.165) is 5.56 Å². The van der Waals surface area contributed by atoms with E-state index < -0.39 is 0 Å². The van der Waals surface area contributed by atoms with Crippen LogP contribution < -0.4 is 0 Å². The van der Waals surface area contributed by atoms with Crippen LogP contribution in [0.15, 0.2) is 48.4 Å². The normalized spacial score (nSPS) is 13.2. The van der Waals surface area contributed by atoms with Gasteiger partial charge in [-0.05, 0) is 31.0 Å². The maximum atomic E-state index is 12.5. The Morgan fingerprint density at radius 3 is 2.59 bits per heavy atom. The molecule has 0 amide bonds. The van der Waals surface area contributed by atoms with Gasteiger partial charge in [0.05, 0.1) is 5.69 Å². The summed E-state index contributed by atoms with van der Waals surface area (Å²) >= 11 is 0. The smallest absolute Gasteiger partial charge is 0.206 e. The molecule has 2 rings (SSSR count). The number of aromatic nitrogens is 3. The van der Waals surface area contributed by atoms with Crippen molar-refractivity contribution in [2.45, 2.75) is 27.7 Å². The summed E-state index contributed by atoms with van der Waals surface area (Å²) in [5, 5.41) is 0. The van der Waals surface area contributed by atoms with Crippen molar-refractivity contribution >= 4 is 5.78 Å². The molecule has 0 saturated carbocycles. The molecule has 114 valence electrons. The fourth-order valence-electron chi connectivity index (χ4n) is 2.02. The van der Waals surface area contributed by atoms with Crippen LogP contribution in [0.3, 0.4) is 0 Å². The molecule has 0 unspecified atom stereocenters. The Morgan fingerprint density at radius 1 is 1.18 bits per heavy atom. The van der Waals surface area contributed by atoms with Gasteiger partial charge in [-0.15, -0.1) is 0 Å². The van der Waals surface area contributed by atoms with Crippen molar-refractivity contribution in [3.8, 4) is 11.3 Å². The molecule has 0 saturated heterocycles. The standard InChI is InChI=1S/C18H21N3O/c1-12(2)13(3)10-14(4)17(22)18-20-9-7-16(21-18)15-6-5-8-19-11-15/h5-12,14H,1-4H3/b13-10+/t14-/m0/s1. The van der Waals surface area contributed by atoms with E-state index >= 15 is 0 Å². The molecular formula is C18H21N3O. The van der Waals surface area contributed by atoms with Crippen molar-refractivity contribution in [2.75, 3.05) is 0 Å². The van der Waals surface area contributed by atoms with E-state index in [1.54, 1.807) is 24.7 Å². The van der Waals surface area contributed by atoms with Gasteiger partial charge in [0.2, 0.25) is 5.78 Å². The largest absolute Gasteiger partial charge is 0.290 e. The van der Waals surface area contributed by atoms with Gasteiger partial charge in [0.1, 0.15) is 0 Å². The zero-order chi connectivity index (χ0) is 16.1. The Hall–Kier alpha value is -2.36. The molecule has 4 nitrogen and oxygen atoms in total. The number of allylic oxidation sites excluding steroid dienone is 2. The maximum Gasteiger partial charge on any atom is 0.206 e. The van der Waals surface area contributed by atoms with Crippen molar-refractivity contribution in [3.63, 3.8) is 0 Å². The molecule has 1 atom stereocenters. The Kier molecular flexibility index (Phi) is 5.15. The number of hydrogen-bond acceptors (Lipinski definition) is 4. The number of hydrogen-bond donors (Lipinski definition) is 0. The van der Waals surface area contributed by atoms with Crippen molar-refractivity contribution in [2.24, 2.45) is 11.8 Å². The first-order chi connectivity index (χ1) is 10.5. The van der Waals surface area contributed by atoms with Gasteiger partial charge >= 0.3 is 0 Å². The second-order valence-corrected chi connectivity index (χ2v) is 5.73. The van der Waals surface area contributed by atoms with Crippen LogP contribution in [-0.4, -0.2) is 20.7 Å². The second-order valence-electron chi connectivity index (χ2n) is 5.73. The lowest BCUT2D eigenvalue weighted by Gasteiger charge is -2.10. The molecule has 0 aliphatic carbocycles. The highest BCUT2D eigenvalue weighted by atomic mass is 16.1. The van der Waals surface area contributed by atoms with Gasteiger partial charge in [-0.25, -0.2) is 9.97 Å². The number of pyridine rings is 1. The van der Waals surface area contributed by atoms with Crippen molar-refractivity contribution in [3.05, 3.63) is 54.3 Å². The van der Waals surface area contributed by atoms with E-state index in [1.807, 2.05) is 32.1 Å². The summed E-state index contributed by atoms with van der Waals surface area (Å²) in [5.74, 6) is 0.386. The third kappa shape index (κ3) is 3.85. The highest BCUT2D eigenvalue weighted by molar-refractivity contribution is 5.95. The molecule has 2 aromatic heterocycles. The van der Waals surface area contributed by atoms with E-state index in [4.69, 9.17) is 0 Å². The highest BCUT2D eigenvalue weighted by Gasteiger charge is 2.17.